The summed E-state index contributed by atoms with van der Waals surface area (Å²) in [4.78, 5) is 14.1. The van der Waals surface area contributed by atoms with Crippen molar-refractivity contribution in [2.24, 2.45) is 0 Å². The van der Waals surface area contributed by atoms with Crippen LogP contribution in [0.5, 0.6) is 0 Å². The fourth-order valence-corrected chi connectivity index (χ4v) is 2.27. The van der Waals surface area contributed by atoms with Gasteiger partial charge in [-0.25, -0.2) is 0 Å². The van der Waals surface area contributed by atoms with Crippen molar-refractivity contribution < 1.29 is 4.79 Å². The predicted octanol–water partition coefficient (Wildman–Crippen LogP) is 0.969. The van der Waals surface area contributed by atoms with E-state index in [-0.39, 0.29) is 11.9 Å². The van der Waals surface area contributed by atoms with Gasteiger partial charge in [-0.2, -0.15) is 0 Å². The minimum atomic E-state index is -0.0609. The van der Waals surface area contributed by atoms with Crippen molar-refractivity contribution in [3.05, 3.63) is 34.3 Å². The van der Waals surface area contributed by atoms with E-state index in [1.165, 1.54) is 0 Å². The van der Waals surface area contributed by atoms with E-state index in [4.69, 9.17) is 0 Å². The topological polar surface area (TPSA) is 44.4 Å². The highest BCUT2D eigenvalue weighted by molar-refractivity contribution is 9.10. The van der Waals surface area contributed by atoms with Crippen molar-refractivity contribution in [2.45, 2.75) is 12.6 Å². The van der Waals surface area contributed by atoms with Gasteiger partial charge in [0.25, 0.3) is 0 Å². The van der Waals surface area contributed by atoms with Crippen LogP contribution in [0.4, 0.5) is 0 Å². The summed E-state index contributed by atoms with van der Waals surface area (Å²) in [5.74, 6) is 0.0904. The number of hydrogen-bond acceptors (Lipinski definition) is 3. The number of hydrogen-bond donors (Lipinski definition) is 2. The fraction of sp³-hybridized carbons (Fsp3) is 0.462. The van der Waals surface area contributed by atoms with Crippen LogP contribution in [0.25, 0.3) is 0 Å². The second-order valence-corrected chi connectivity index (χ2v) is 5.46. The van der Waals surface area contributed by atoms with E-state index in [0.29, 0.717) is 6.54 Å². The molecule has 0 bridgehead atoms. The number of nitrogens with zero attached hydrogens (tertiary/aromatic N) is 1. The molecule has 0 aromatic heterocycles. The molecule has 1 aliphatic rings. The molecule has 1 aromatic carbocycles. The molecule has 98 valence electrons. The Kier molecular flexibility index (Phi) is 4.74. The van der Waals surface area contributed by atoms with Crippen LogP contribution < -0.4 is 10.6 Å². The predicted molar refractivity (Wildman–Crippen MR) is 75.3 cm³/mol. The number of benzene rings is 1. The molecule has 5 heteroatoms. The Morgan fingerprint density at radius 3 is 2.89 bits per heavy atom. The minimum absolute atomic E-state index is 0.0609. The zero-order chi connectivity index (χ0) is 13.0. The molecule has 0 spiro atoms. The highest BCUT2D eigenvalue weighted by Crippen LogP contribution is 2.10. The van der Waals surface area contributed by atoms with E-state index in [2.05, 4.69) is 31.5 Å². The number of nitrogens with one attached hydrogen (secondary N) is 2. The molecule has 1 aliphatic heterocycles. The van der Waals surface area contributed by atoms with Gasteiger partial charge in [-0.3, -0.25) is 9.69 Å². The third-order valence-corrected chi connectivity index (χ3v) is 3.72. The maximum atomic E-state index is 12.0. The quantitative estimate of drug-likeness (QED) is 0.874. The van der Waals surface area contributed by atoms with E-state index in [1.807, 2.05) is 31.3 Å². The Labute approximate surface area is 116 Å². The minimum Gasteiger partial charge on any atom is -0.351 e. The van der Waals surface area contributed by atoms with Crippen molar-refractivity contribution in [3.63, 3.8) is 0 Å². The highest BCUT2D eigenvalue weighted by Gasteiger charge is 2.25. The van der Waals surface area contributed by atoms with Gasteiger partial charge in [-0.1, -0.05) is 28.1 Å². The van der Waals surface area contributed by atoms with Gasteiger partial charge in [0.05, 0.1) is 0 Å². The number of rotatable bonds is 3. The molecule has 2 rings (SSSR count). The van der Waals surface area contributed by atoms with Gasteiger partial charge in [-0.05, 0) is 24.7 Å². The van der Waals surface area contributed by atoms with Crippen molar-refractivity contribution in [1.29, 1.82) is 0 Å². The average molecular weight is 312 g/mol. The molecule has 0 radical (unpaired) electrons. The molecule has 0 aliphatic carbocycles. The van der Waals surface area contributed by atoms with Crippen LogP contribution in [0, 0.1) is 0 Å². The average Bonchev–Trinajstić information content (AvgIpc) is 2.38. The van der Waals surface area contributed by atoms with Crippen molar-refractivity contribution >= 4 is 21.8 Å². The van der Waals surface area contributed by atoms with Crippen LogP contribution >= 0.6 is 15.9 Å². The first-order valence-corrected chi connectivity index (χ1v) is 6.89. The Morgan fingerprint density at radius 1 is 1.50 bits per heavy atom. The summed E-state index contributed by atoms with van der Waals surface area (Å²) in [5, 5.41) is 6.23. The van der Waals surface area contributed by atoms with Gasteiger partial charge < -0.3 is 10.6 Å². The zero-order valence-electron chi connectivity index (χ0n) is 10.4. The lowest BCUT2D eigenvalue weighted by Crippen LogP contribution is -2.56. The van der Waals surface area contributed by atoms with Crippen molar-refractivity contribution in [2.75, 3.05) is 26.7 Å². The summed E-state index contributed by atoms with van der Waals surface area (Å²) < 4.78 is 1.05. The molecule has 1 unspecified atom stereocenters. The van der Waals surface area contributed by atoms with Gasteiger partial charge in [0.2, 0.25) is 5.91 Å². The summed E-state index contributed by atoms with van der Waals surface area (Å²) in [5.41, 5.74) is 1.11. The molecule has 0 saturated carbocycles. The van der Waals surface area contributed by atoms with Crippen LogP contribution in [-0.2, 0) is 11.3 Å². The third-order valence-electron chi connectivity index (χ3n) is 3.19. The summed E-state index contributed by atoms with van der Waals surface area (Å²) >= 11 is 3.39. The van der Waals surface area contributed by atoms with Crippen LogP contribution in [0.2, 0.25) is 0 Å². The van der Waals surface area contributed by atoms with Gasteiger partial charge >= 0.3 is 0 Å². The van der Waals surface area contributed by atoms with Gasteiger partial charge in [0, 0.05) is 30.7 Å². The lowest BCUT2D eigenvalue weighted by Gasteiger charge is -2.31. The molecule has 1 atom stereocenters. The lowest BCUT2D eigenvalue weighted by atomic mass is 10.1. The Bertz CT molecular complexity index is 407. The molecular weight excluding hydrogens is 294 g/mol. The number of carbonyl (C=O) groups is 1. The lowest BCUT2D eigenvalue weighted by molar-refractivity contribution is -0.126. The summed E-state index contributed by atoms with van der Waals surface area (Å²) in [6.45, 7) is 3.17. The fourth-order valence-electron chi connectivity index (χ4n) is 2.01. The highest BCUT2D eigenvalue weighted by atomic mass is 79.9. The van der Waals surface area contributed by atoms with Gasteiger partial charge in [0.1, 0.15) is 6.04 Å². The first kappa shape index (κ1) is 13.5. The smallest absolute Gasteiger partial charge is 0.238 e. The maximum Gasteiger partial charge on any atom is 0.238 e. The maximum absolute atomic E-state index is 12.0. The molecule has 4 nitrogen and oxygen atoms in total. The second-order valence-electron chi connectivity index (χ2n) is 4.54. The molecule has 1 amide bonds. The number of carbonyl (C=O) groups excluding carboxylic acids is 1. The van der Waals surface area contributed by atoms with Crippen molar-refractivity contribution in [3.8, 4) is 0 Å². The van der Waals surface area contributed by atoms with Gasteiger partial charge in [-0.15, -0.1) is 0 Å². The molecule has 1 fully saturated rings. The summed E-state index contributed by atoms with van der Waals surface area (Å²) in [6.07, 6.45) is 0. The number of piperazine rings is 1. The largest absolute Gasteiger partial charge is 0.351 e. The van der Waals surface area contributed by atoms with E-state index in [1.54, 1.807) is 0 Å². The second kappa shape index (κ2) is 6.31. The SMILES string of the molecule is CN1CCNCC1C(=O)NCc1ccc(Br)cc1. The number of likely N-dealkylation sites (N-methyl/N-ethyl adjacent to an activating group) is 1. The van der Waals surface area contributed by atoms with E-state index in [9.17, 15) is 4.79 Å². The van der Waals surface area contributed by atoms with E-state index < -0.39 is 0 Å². The monoisotopic (exact) mass is 311 g/mol. The van der Waals surface area contributed by atoms with E-state index in [0.717, 1.165) is 29.7 Å². The standard InChI is InChI=1S/C13H18BrN3O/c1-17-7-6-15-9-12(17)13(18)16-8-10-2-4-11(14)5-3-10/h2-5,12,15H,6-9H2,1H3,(H,16,18). The molecule has 2 N–H and O–H groups in total. The Morgan fingerprint density at radius 2 is 2.22 bits per heavy atom. The van der Waals surface area contributed by atoms with Crippen LogP contribution in [-0.4, -0.2) is 43.5 Å². The van der Waals surface area contributed by atoms with Crippen molar-refractivity contribution in [1.82, 2.24) is 15.5 Å². The normalized spacial score (nSPS) is 20.7. The molecule has 18 heavy (non-hydrogen) atoms. The van der Waals surface area contributed by atoms with Crippen LogP contribution in [0.1, 0.15) is 5.56 Å². The van der Waals surface area contributed by atoms with Crippen LogP contribution in [0.3, 0.4) is 0 Å². The van der Waals surface area contributed by atoms with Gasteiger partial charge in [0.15, 0.2) is 0 Å². The first-order chi connectivity index (χ1) is 8.66. The molecule has 1 aromatic rings. The Balaban J connectivity index is 1.85. The molecule has 1 heterocycles. The van der Waals surface area contributed by atoms with E-state index >= 15 is 0 Å². The third kappa shape index (κ3) is 3.54. The number of halogens is 1. The zero-order valence-corrected chi connectivity index (χ0v) is 12.0. The molecular formula is C13H18BrN3O. The summed E-state index contributed by atoms with van der Waals surface area (Å²) in [7, 11) is 1.99. The Hall–Kier alpha value is -0.910. The molecule has 1 saturated heterocycles. The number of amides is 1. The first-order valence-electron chi connectivity index (χ1n) is 6.10. The summed E-state index contributed by atoms with van der Waals surface area (Å²) in [6, 6.07) is 7.92. The van der Waals surface area contributed by atoms with Crippen LogP contribution in [0.15, 0.2) is 28.7 Å².